The van der Waals surface area contributed by atoms with E-state index in [-0.39, 0.29) is 17.5 Å². The predicted octanol–water partition coefficient (Wildman–Crippen LogP) is 3.19. The number of pyridine rings is 2. The summed E-state index contributed by atoms with van der Waals surface area (Å²) in [7, 11) is -0.962. The van der Waals surface area contributed by atoms with E-state index in [0.717, 1.165) is 37.0 Å². The lowest BCUT2D eigenvalue weighted by Crippen LogP contribution is -2.33. The molecular formula is C24H25FN6O2S. The highest BCUT2D eigenvalue weighted by Gasteiger charge is 2.20. The fourth-order valence-corrected chi connectivity index (χ4v) is 5.45. The molecule has 1 atom stereocenters. The minimum Gasteiger partial charge on any atom is -0.390 e. The Labute approximate surface area is 198 Å². The van der Waals surface area contributed by atoms with Crippen LogP contribution in [-0.2, 0) is 23.2 Å². The monoisotopic (exact) mass is 480 g/mol. The molecule has 8 nitrogen and oxygen atoms in total. The van der Waals surface area contributed by atoms with E-state index in [0.29, 0.717) is 28.5 Å². The molecule has 5 rings (SSSR count). The van der Waals surface area contributed by atoms with Crippen molar-refractivity contribution in [2.45, 2.75) is 30.5 Å². The van der Waals surface area contributed by atoms with Gasteiger partial charge in [-0.25, -0.2) is 14.1 Å². The maximum atomic E-state index is 14.8. The van der Waals surface area contributed by atoms with Gasteiger partial charge in [0.25, 0.3) is 0 Å². The first-order valence-corrected chi connectivity index (χ1v) is 12.5. The summed E-state index contributed by atoms with van der Waals surface area (Å²) >= 11 is 0. The molecule has 0 aliphatic carbocycles. The molecule has 1 aromatic carbocycles. The maximum absolute atomic E-state index is 14.8. The third-order valence-corrected chi connectivity index (χ3v) is 7.66. The van der Waals surface area contributed by atoms with Crippen LogP contribution in [0.3, 0.4) is 0 Å². The Morgan fingerprint density at radius 3 is 2.76 bits per heavy atom. The van der Waals surface area contributed by atoms with E-state index in [1.54, 1.807) is 36.7 Å². The molecule has 1 aliphatic heterocycles. The van der Waals surface area contributed by atoms with E-state index in [1.165, 1.54) is 10.7 Å². The van der Waals surface area contributed by atoms with Crippen LogP contribution in [0.2, 0.25) is 0 Å². The highest BCUT2D eigenvalue weighted by molar-refractivity contribution is 7.84. The number of nitrogens with zero attached hydrogens (tertiary/aromatic N) is 4. The second-order valence-corrected chi connectivity index (χ2v) is 9.96. The number of nitrogens with one attached hydrogen (secondary N) is 2. The quantitative estimate of drug-likeness (QED) is 0.373. The van der Waals surface area contributed by atoms with E-state index in [9.17, 15) is 8.60 Å². The second-order valence-electron chi connectivity index (χ2n) is 8.24. The third kappa shape index (κ3) is 4.98. The summed E-state index contributed by atoms with van der Waals surface area (Å²) in [5, 5.41) is 20.7. The normalized spacial score (nSPS) is 15.5. The lowest BCUT2D eigenvalue weighted by Gasteiger charge is -2.21. The largest absolute Gasteiger partial charge is 0.390 e. The fraction of sp³-hybridized carbons (Fsp3) is 0.292. The smallest absolute Gasteiger partial charge is 0.148 e. The maximum Gasteiger partial charge on any atom is 0.148 e. The first-order chi connectivity index (χ1) is 16.6. The van der Waals surface area contributed by atoms with E-state index in [2.05, 4.69) is 25.7 Å². The molecule has 3 N–H and O–H groups in total. The van der Waals surface area contributed by atoms with Crippen LogP contribution in [0, 0.1) is 5.82 Å². The lowest BCUT2D eigenvalue weighted by molar-refractivity contribution is 0.276. The van der Waals surface area contributed by atoms with Gasteiger partial charge in [0.15, 0.2) is 0 Å². The van der Waals surface area contributed by atoms with E-state index >= 15 is 0 Å². The van der Waals surface area contributed by atoms with Gasteiger partial charge >= 0.3 is 0 Å². The number of aromatic nitrogens is 4. The van der Waals surface area contributed by atoms with Crippen molar-refractivity contribution < 1.29 is 13.7 Å². The molecule has 10 heteroatoms. The minimum atomic E-state index is -0.962. The zero-order valence-corrected chi connectivity index (χ0v) is 19.3. The van der Waals surface area contributed by atoms with Crippen molar-refractivity contribution >= 4 is 33.2 Å². The van der Waals surface area contributed by atoms with Gasteiger partial charge in [-0.1, -0.05) is 0 Å². The summed E-state index contributed by atoms with van der Waals surface area (Å²) in [5.74, 6) is 0.428. The van der Waals surface area contributed by atoms with Gasteiger partial charge < -0.3 is 15.7 Å². The van der Waals surface area contributed by atoms with Gasteiger partial charge in [-0.05, 0) is 56.3 Å². The van der Waals surface area contributed by atoms with Crippen LogP contribution in [0.15, 0.2) is 54.9 Å². The Bertz CT molecular complexity index is 1340. The predicted molar refractivity (Wildman–Crippen MR) is 130 cm³/mol. The first-order valence-electron chi connectivity index (χ1n) is 11.1. The molecule has 1 saturated heterocycles. The zero-order chi connectivity index (χ0) is 23.5. The van der Waals surface area contributed by atoms with E-state index < -0.39 is 16.6 Å². The summed E-state index contributed by atoms with van der Waals surface area (Å²) in [4.78, 5) is 9.06. The molecule has 4 heterocycles. The average Bonchev–Trinajstić information content (AvgIpc) is 3.35. The molecule has 176 valence electrons. The van der Waals surface area contributed by atoms with E-state index in [1.807, 2.05) is 12.1 Å². The first kappa shape index (κ1) is 22.6. The van der Waals surface area contributed by atoms with Gasteiger partial charge in [0.05, 0.1) is 40.6 Å². The van der Waals surface area contributed by atoms with Crippen molar-refractivity contribution in [1.29, 1.82) is 0 Å². The van der Waals surface area contributed by atoms with Gasteiger partial charge in [-0.2, -0.15) is 5.10 Å². The highest BCUT2D eigenvalue weighted by Crippen LogP contribution is 2.24. The van der Waals surface area contributed by atoms with Crippen LogP contribution in [0.5, 0.6) is 0 Å². The van der Waals surface area contributed by atoms with Gasteiger partial charge in [-0.3, -0.25) is 9.19 Å². The van der Waals surface area contributed by atoms with Crippen LogP contribution in [0.4, 0.5) is 15.9 Å². The Hall–Kier alpha value is -3.21. The summed E-state index contributed by atoms with van der Waals surface area (Å²) in [6.45, 7) is 1.64. The molecule has 0 bridgehead atoms. The summed E-state index contributed by atoms with van der Waals surface area (Å²) in [6, 6.07) is 12.0. The number of anilines is 2. The number of aliphatic hydroxyl groups excluding tert-OH is 1. The van der Waals surface area contributed by atoms with Crippen molar-refractivity contribution in [3.8, 4) is 5.69 Å². The van der Waals surface area contributed by atoms with Crippen molar-refractivity contribution in [1.82, 2.24) is 25.1 Å². The van der Waals surface area contributed by atoms with Gasteiger partial charge in [0.1, 0.15) is 11.6 Å². The highest BCUT2D eigenvalue weighted by atomic mass is 32.2. The van der Waals surface area contributed by atoms with Crippen molar-refractivity contribution in [3.05, 3.63) is 72.1 Å². The number of rotatable bonds is 7. The summed E-state index contributed by atoms with van der Waals surface area (Å²) < 4.78 is 29.0. The Morgan fingerprint density at radius 2 is 2.00 bits per heavy atom. The number of benzene rings is 1. The number of aliphatic hydroxyl groups is 1. The van der Waals surface area contributed by atoms with Crippen LogP contribution in [-0.4, -0.2) is 47.4 Å². The topological polar surface area (TPSA) is 105 Å². The summed E-state index contributed by atoms with van der Waals surface area (Å²) in [6.07, 6.45) is 5.20. The van der Waals surface area contributed by atoms with Crippen molar-refractivity contribution in [2.24, 2.45) is 0 Å². The van der Waals surface area contributed by atoms with Crippen LogP contribution < -0.4 is 10.6 Å². The van der Waals surface area contributed by atoms with E-state index in [4.69, 9.17) is 5.11 Å². The average molecular weight is 481 g/mol. The zero-order valence-electron chi connectivity index (χ0n) is 18.4. The second kappa shape index (κ2) is 9.96. The van der Waals surface area contributed by atoms with Crippen LogP contribution >= 0.6 is 0 Å². The molecule has 34 heavy (non-hydrogen) atoms. The number of hydrogen-bond donors (Lipinski definition) is 3. The number of piperidine rings is 1. The molecule has 1 fully saturated rings. The molecule has 4 aromatic rings. The Morgan fingerprint density at radius 1 is 1.15 bits per heavy atom. The fourth-order valence-electron chi connectivity index (χ4n) is 4.00. The number of halogens is 1. The molecular weight excluding hydrogens is 455 g/mol. The van der Waals surface area contributed by atoms with Gasteiger partial charge in [0.2, 0.25) is 0 Å². The molecule has 1 aliphatic rings. The number of fused-ring (bicyclic) bond motifs is 1. The molecule has 1 unspecified atom stereocenters. The standard InChI is InChI=1S/C24H25FN6O2S/c25-21-11-19(31-10-7-17(14-32)30-31)3-4-22(21)29-24-12-23-16(13-27-24)1-2-18(28-23)15-34(33)20-5-8-26-9-6-20/h1-4,7,10-13,20,26,32H,5-6,8-9,14-15H2,(H,27,29). The number of hydrogen-bond acceptors (Lipinski definition) is 7. The third-order valence-electron chi connectivity index (χ3n) is 5.87. The van der Waals surface area contributed by atoms with Crippen LogP contribution in [0.25, 0.3) is 16.6 Å². The van der Waals surface area contributed by atoms with Gasteiger partial charge in [0, 0.05) is 46.0 Å². The molecule has 0 saturated carbocycles. The van der Waals surface area contributed by atoms with Gasteiger partial charge in [-0.15, -0.1) is 0 Å². The van der Waals surface area contributed by atoms with Crippen molar-refractivity contribution in [2.75, 3.05) is 18.4 Å². The lowest BCUT2D eigenvalue weighted by atomic mass is 10.2. The molecule has 3 aromatic heterocycles. The Balaban J connectivity index is 1.33. The molecule has 0 radical (unpaired) electrons. The summed E-state index contributed by atoms with van der Waals surface area (Å²) in [5.41, 5.74) is 2.81. The van der Waals surface area contributed by atoms with Crippen molar-refractivity contribution in [3.63, 3.8) is 0 Å². The van der Waals surface area contributed by atoms with Crippen LogP contribution in [0.1, 0.15) is 24.2 Å². The SMILES string of the molecule is O=S(Cc1ccc2cnc(Nc3ccc(-n4ccc(CO)n4)cc3F)cc2n1)C1CCNCC1. The minimum absolute atomic E-state index is 0.174. The molecule has 0 amide bonds. The Kier molecular flexibility index (Phi) is 6.61. The molecule has 0 spiro atoms.